The van der Waals surface area contributed by atoms with Crippen LogP contribution >= 0.6 is 0 Å². The number of hydrogen-bond acceptors (Lipinski definition) is 9. The average Bonchev–Trinajstić information content (AvgIpc) is 2.49. The molecule has 1 heterocycles. The molecule has 0 radical (unpaired) electrons. The molecule has 1 rings (SSSR count). The number of amides is 2. The summed E-state index contributed by atoms with van der Waals surface area (Å²) in [6.45, 7) is 0. The summed E-state index contributed by atoms with van der Waals surface area (Å²) in [4.78, 5) is 47.7. The molecule has 1 saturated heterocycles. The van der Waals surface area contributed by atoms with Crippen molar-refractivity contribution in [2.45, 2.75) is 24.4 Å². The third kappa shape index (κ3) is 2.85. The van der Waals surface area contributed by atoms with E-state index in [2.05, 4.69) is 4.84 Å². The molecule has 106 valence electrons. The molecule has 0 spiro atoms. The standard InChI is InChI=1S/C8H9NO10/c10-2-1-8(17,18)7(16)9(2)19-6(15)4(12)3(11)5(13)14/h3-4,11-12,17-18H,1H2,(H,13,14). The van der Waals surface area contributed by atoms with Crippen molar-refractivity contribution < 1.29 is 49.5 Å². The lowest BCUT2D eigenvalue weighted by Gasteiger charge is -2.17. The lowest BCUT2D eigenvalue weighted by atomic mass is 10.2. The van der Waals surface area contributed by atoms with Gasteiger partial charge in [-0.2, -0.15) is 0 Å². The molecule has 0 bridgehead atoms. The Labute approximate surface area is 104 Å². The third-order valence-corrected chi connectivity index (χ3v) is 2.13. The molecule has 5 N–H and O–H groups in total. The summed E-state index contributed by atoms with van der Waals surface area (Å²) in [5.41, 5.74) is 0. The fourth-order valence-electron chi connectivity index (χ4n) is 1.13. The van der Waals surface area contributed by atoms with Gasteiger partial charge in [0.1, 0.15) is 0 Å². The van der Waals surface area contributed by atoms with Crippen LogP contribution in [0.5, 0.6) is 0 Å². The lowest BCUT2D eigenvalue weighted by Crippen LogP contribution is -2.46. The third-order valence-electron chi connectivity index (χ3n) is 2.13. The number of hydrogen-bond donors (Lipinski definition) is 5. The van der Waals surface area contributed by atoms with Crippen LogP contribution in [0.1, 0.15) is 6.42 Å². The SMILES string of the molecule is O=C(O)C(O)C(O)C(=O)ON1C(=O)CC(O)(O)C1=O. The number of aliphatic hydroxyl groups is 4. The van der Waals surface area contributed by atoms with E-state index in [-0.39, 0.29) is 5.06 Å². The van der Waals surface area contributed by atoms with Gasteiger partial charge in [0, 0.05) is 0 Å². The number of carbonyl (C=O) groups is 4. The van der Waals surface area contributed by atoms with Crippen molar-refractivity contribution in [3.63, 3.8) is 0 Å². The first-order chi connectivity index (χ1) is 8.58. The largest absolute Gasteiger partial charge is 0.479 e. The summed E-state index contributed by atoms with van der Waals surface area (Å²) in [7, 11) is 0. The van der Waals surface area contributed by atoms with Gasteiger partial charge in [0.2, 0.25) is 0 Å². The first-order valence-corrected chi connectivity index (χ1v) is 4.71. The van der Waals surface area contributed by atoms with E-state index in [0.717, 1.165) is 0 Å². The highest BCUT2D eigenvalue weighted by molar-refractivity contribution is 6.06. The highest BCUT2D eigenvalue weighted by atomic mass is 16.7. The van der Waals surface area contributed by atoms with Crippen LogP contribution in [0.2, 0.25) is 0 Å². The molecule has 11 heteroatoms. The topological polar surface area (TPSA) is 182 Å². The summed E-state index contributed by atoms with van der Waals surface area (Å²) < 4.78 is 0. The monoisotopic (exact) mass is 279 g/mol. The van der Waals surface area contributed by atoms with Gasteiger partial charge in [0.15, 0.2) is 12.2 Å². The Morgan fingerprint density at radius 2 is 1.74 bits per heavy atom. The summed E-state index contributed by atoms with van der Waals surface area (Å²) >= 11 is 0. The van der Waals surface area contributed by atoms with Crippen LogP contribution in [0, 0.1) is 0 Å². The summed E-state index contributed by atoms with van der Waals surface area (Å²) in [6.07, 6.45) is -6.17. The molecular formula is C8H9NO10. The minimum absolute atomic E-state index is 0.333. The van der Waals surface area contributed by atoms with E-state index >= 15 is 0 Å². The Hall–Kier alpha value is -2.08. The second kappa shape index (κ2) is 4.89. The second-order valence-electron chi connectivity index (χ2n) is 3.62. The van der Waals surface area contributed by atoms with Gasteiger partial charge in [-0.1, -0.05) is 5.06 Å². The van der Waals surface area contributed by atoms with Gasteiger partial charge in [0.05, 0.1) is 6.42 Å². The van der Waals surface area contributed by atoms with Crippen molar-refractivity contribution in [3.05, 3.63) is 0 Å². The fraction of sp³-hybridized carbons (Fsp3) is 0.500. The highest BCUT2D eigenvalue weighted by Crippen LogP contribution is 2.22. The number of rotatable bonds is 4. The number of aliphatic hydroxyl groups excluding tert-OH is 2. The van der Waals surface area contributed by atoms with E-state index in [1.165, 1.54) is 0 Å². The molecule has 0 saturated carbocycles. The summed E-state index contributed by atoms with van der Waals surface area (Å²) in [5, 5.41) is 43.8. The lowest BCUT2D eigenvalue weighted by molar-refractivity contribution is -0.218. The predicted octanol–water partition coefficient (Wildman–Crippen LogP) is -4.31. The minimum Gasteiger partial charge on any atom is -0.479 e. The molecule has 1 aliphatic rings. The maximum absolute atomic E-state index is 11.2. The van der Waals surface area contributed by atoms with Gasteiger partial charge < -0.3 is 30.4 Å². The van der Waals surface area contributed by atoms with Crippen molar-refractivity contribution in [2.75, 3.05) is 0 Å². The first kappa shape index (κ1) is 15.0. The number of carboxylic acids is 1. The molecule has 1 aliphatic heterocycles. The Morgan fingerprint density at radius 1 is 1.21 bits per heavy atom. The van der Waals surface area contributed by atoms with Crippen LogP contribution in [-0.4, -0.2) is 72.3 Å². The van der Waals surface area contributed by atoms with E-state index in [1.54, 1.807) is 0 Å². The number of carbonyl (C=O) groups excluding carboxylic acids is 3. The molecule has 11 nitrogen and oxygen atoms in total. The Balaban J connectivity index is 2.76. The van der Waals surface area contributed by atoms with E-state index < -0.39 is 48.2 Å². The van der Waals surface area contributed by atoms with Crippen molar-refractivity contribution in [3.8, 4) is 0 Å². The average molecular weight is 279 g/mol. The molecule has 2 unspecified atom stereocenters. The number of carboxylic acid groups (broad SMARTS) is 1. The number of hydroxylamine groups is 2. The van der Waals surface area contributed by atoms with Crippen molar-refractivity contribution in [1.82, 2.24) is 5.06 Å². The van der Waals surface area contributed by atoms with E-state index in [9.17, 15) is 19.2 Å². The van der Waals surface area contributed by atoms with Gasteiger partial charge in [-0.05, 0) is 0 Å². The number of aliphatic carboxylic acids is 1. The van der Waals surface area contributed by atoms with Crippen LogP contribution in [0.15, 0.2) is 0 Å². The van der Waals surface area contributed by atoms with Gasteiger partial charge in [0.25, 0.3) is 11.7 Å². The quantitative estimate of drug-likeness (QED) is 0.249. The minimum atomic E-state index is -3.05. The van der Waals surface area contributed by atoms with E-state index in [0.29, 0.717) is 0 Å². The fourth-order valence-corrected chi connectivity index (χ4v) is 1.13. The van der Waals surface area contributed by atoms with Crippen LogP contribution in [0.4, 0.5) is 0 Å². The Morgan fingerprint density at radius 3 is 2.11 bits per heavy atom. The van der Waals surface area contributed by atoms with Crippen molar-refractivity contribution in [1.29, 1.82) is 0 Å². The van der Waals surface area contributed by atoms with Gasteiger partial charge in [-0.3, -0.25) is 9.59 Å². The molecular weight excluding hydrogens is 270 g/mol. The molecule has 2 atom stereocenters. The first-order valence-electron chi connectivity index (χ1n) is 4.71. The molecule has 1 fully saturated rings. The Kier molecular flexibility index (Phi) is 3.86. The van der Waals surface area contributed by atoms with Crippen LogP contribution < -0.4 is 0 Å². The van der Waals surface area contributed by atoms with Crippen molar-refractivity contribution in [2.24, 2.45) is 0 Å². The van der Waals surface area contributed by atoms with E-state index in [4.69, 9.17) is 25.5 Å². The maximum atomic E-state index is 11.2. The molecule has 0 aromatic carbocycles. The van der Waals surface area contributed by atoms with Gasteiger partial charge in [-0.25, -0.2) is 9.59 Å². The maximum Gasteiger partial charge on any atom is 0.364 e. The molecule has 0 aromatic heterocycles. The zero-order chi connectivity index (χ0) is 15.0. The Bertz CT molecular complexity index is 443. The zero-order valence-corrected chi connectivity index (χ0v) is 9.09. The predicted molar refractivity (Wildman–Crippen MR) is 49.4 cm³/mol. The van der Waals surface area contributed by atoms with E-state index in [1.807, 2.05) is 0 Å². The normalized spacial score (nSPS) is 21.2. The highest BCUT2D eigenvalue weighted by Gasteiger charge is 2.52. The van der Waals surface area contributed by atoms with Crippen LogP contribution in [0.25, 0.3) is 0 Å². The number of imide groups is 1. The smallest absolute Gasteiger partial charge is 0.364 e. The van der Waals surface area contributed by atoms with Gasteiger partial charge in [-0.15, -0.1) is 0 Å². The molecule has 0 aliphatic carbocycles. The van der Waals surface area contributed by atoms with Crippen LogP contribution in [-0.2, 0) is 24.0 Å². The van der Waals surface area contributed by atoms with Gasteiger partial charge >= 0.3 is 17.8 Å². The molecule has 0 aromatic rings. The second-order valence-corrected chi connectivity index (χ2v) is 3.62. The molecule has 19 heavy (non-hydrogen) atoms. The van der Waals surface area contributed by atoms with Crippen molar-refractivity contribution >= 4 is 23.8 Å². The van der Waals surface area contributed by atoms with Crippen LogP contribution in [0.3, 0.4) is 0 Å². The number of nitrogens with zero attached hydrogens (tertiary/aromatic N) is 1. The molecule has 2 amide bonds. The summed E-state index contributed by atoms with van der Waals surface area (Å²) in [5.74, 6) is -9.78. The zero-order valence-electron chi connectivity index (χ0n) is 9.09. The summed E-state index contributed by atoms with van der Waals surface area (Å²) in [6, 6.07) is 0.